The third kappa shape index (κ3) is 3.88. The quantitative estimate of drug-likeness (QED) is 0.588. The first-order valence-corrected chi connectivity index (χ1v) is 11.1. The van der Waals surface area contributed by atoms with Gasteiger partial charge in [-0.25, -0.2) is 0 Å². The number of amides is 2. The SMILES string of the molecule is Cc1ccc(-c2noc(C3CCCN3C(=O)C3CC(=O)N(c4cccc(Cl)c4)C3)n2)cc1. The van der Waals surface area contributed by atoms with Crippen molar-refractivity contribution in [3.63, 3.8) is 0 Å². The number of rotatable bonds is 4. The first-order valence-electron chi connectivity index (χ1n) is 10.8. The minimum absolute atomic E-state index is 0.0412. The molecule has 7 nitrogen and oxygen atoms in total. The van der Waals surface area contributed by atoms with Crippen LogP contribution in [0.15, 0.2) is 53.1 Å². The molecule has 0 aliphatic carbocycles. The molecule has 2 atom stereocenters. The van der Waals surface area contributed by atoms with Crippen LogP contribution in [0.1, 0.15) is 36.8 Å². The summed E-state index contributed by atoms with van der Waals surface area (Å²) in [6, 6.07) is 14.8. The monoisotopic (exact) mass is 450 g/mol. The van der Waals surface area contributed by atoms with E-state index in [1.165, 1.54) is 0 Å². The predicted octanol–water partition coefficient (Wildman–Crippen LogP) is 4.42. The van der Waals surface area contributed by atoms with Crippen LogP contribution in [0.3, 0.4) is 0 Å². The number of halogens is 1. The molecule has 2 aliphatic heterocycles. The molecular formula is C24H23ClN4O3. The van der Waals surface area contributed by atoms with Crippen LogP contribution in [0, 0.1) is 12.8 Å². The fraction of sp³-hybridized carbons (Fsp3) is 0.333. The lowest BCUT2D eigenvalue weighted by molar-refractivity contribution is -0.137. The van der Waals surface area contributed by atoms with Gasteiger partial charge in [0.25, 0.3) is 0 Å². The van der Waals surface area contributed by atoms with Gasteiger partial charge < -0.3 is 14.3 Å². The van der Waals surface area contributed by atoms with Crippen molar-refractivity contribution in [2.75, 3.05) is 18.0 Å². The Bertz CT molecular complexity index is 1160. The highest BCUT2D eigenvalue weighted by atomic mass is 35.5. The summed E-state index contributed by atoms with van der Waals surface area (Å²) < 4.78 is 5.55. The zero-order chi connectivity index (χ0) is 22.2. The van der Waals surface area contributed by atoms with Crippen molar-refractivity contribution < 1.29 is 14.1 Å². The molecule has 0 radical (unpaired) electrons. The van der Waals surface area contributed by atoms with Crippen LogP contribution in [-0.4, -0.2) is 39.9 Å². The average Bonchev–Trinajstić information content (AvgIpc) is 3.53. The molecule has 2 amide bonds. The lowest BCUT2D eigenvalue weighted by Gasteiger charge is -2.25. The maximum atomic E-state index is 13.4. The average molecular weight is 451 g/mol. The second-order valence-corrected chi connectivity index (χ2v) is 8.83. The summed E-state index contributed by atoms with van der Waals surface area (Å²) in [5.74, 6) is 0.452. The number of carbonyl (C=O) groups excluding carboxylic acids is 2. The molecule has 0 bridgehead atoms. The van der Waals surface area contributed by atoms with Gasteiger partial charge in [0.1, 0.15) is 6.04 Å². The molecular weight excluding hydrogens is 428 g/mol. The summed E-state index contributed by atoms with van der Waals surface area (Å²) in [6.45, 7) is 2.99. The zero-order valence-corrected chi connectivity index (χ0v) is 18.5. The first kappa shape index (κ1) is 20.7. The van der Waals surface area contributed by atoms with Gasteiger partial charge in [-0.3, -0.25) is 9.59 Å². The number of aromatic nitrogens is 2. The second-order valence-electron chi connectivity index (χ2n) is 8.40. The molecule has 0 spiro atoms. The van der Waals surface area contributed by atoms with Crippen molar-refractivity contribution >= 4 is 29.1 Å². The molecule has 2 aromatic carbocycles. The van der Waals surface area contributed by atoms with Crippen LogP contribution < -0.4 is 4.90 Å². The number of anilines is 1. The number of carbonyl (C=O) groups is 2. The van der Waals surface area contributed by atoms with Crippen LogP contribution in [-0.2, 0) is 9.59 Å². The summed E-state index contributed by atoms with van der Waals surface area (Å²) in [4.78, 5) is 34.0. The number of benzene rings is 2. The van der Waals surface area contributed by atoms with E-state index in [9.17, 15) is 9.59 Å². The Labute approximate surface area is 191 Å². The second kappa shape index (κ2) is 8.39. The Morgan fingerprint density at radius 2 is 2.00 bits per heavy atom. The number of likely N-dealkylation sites (tertiary alicyclic amines) is 1. The van der Waals surface area contributed by atoms with Gasteiger partial charge in [0, 0.05) is 35.8 Å². The van der Waals surface area contributed by atoms with E-state index in [1.54, 1.807) is 28.0 Å². The standard InChI is InChI=1S/C24H23ClN4O3/c1-15-7-9-16(10-8-15)22-26-23(32-27-22)20-6-3-11-28(20)24(31)17-12-21(30)29(14-17)19-5-2-4-18(25)13-19/h2,4-5,7-10,13,17,20H,3,6,11-12,14H2,1H3. The summed E-state index contributed by atoms with van der Waals surface area (Å²) in [5.41, 5.74) is 2.75. The molecule has 164 valence electrons. The topological polar surface area (TPSA) is 79.5 Å². The van der Waals surface area contributed by atoms with Gasteiger partial charge in [-0.15, -0.1) is 0 Å². The molecule has 5 rings (SSSR count). The van der Waals surface area contributed by atoms with E-state index in [4.69, 9.17) is 16.1 Å². The normalized spacial score (nSPS) is 20.9. The number of hydrogen-bond donors (Lipinski definition) is 0. The van der Waals surface area contributed by atoms with Gasteiger partial charge >= 0.3 is 0 Å². The third-order valence-corrected chi connectivity index (χ3v) is 6.40. The van der Waals surface area contributed by atoms with Crippen molar-refractivity contribution in [2.24, 2.45) is 5.92 Å². The van der Waals surface area contributed by atoms with Crippen molar-refractivity contribution in [3.05, 3.63) is 65.0 Å². The number of hydrogen-bond acceptors (Lipinski definition) is 5. The van der Waals surface area contributed by atoms with E-state index < -0.39 is 5.92 Å². The van der Waals surface area contributed by atoms with Crippen LogP contribution in [0.25, 0.3) is 11.4 Å². The Morgan fingerprint density at radius 1 is 1.19 bits per heavy atom. The van der Waals surface area contributed by atoms with Crippen LogP contribution in [0.2, 0.25) is 5.02 Å². The minimum Gasteiger partial charge on any atom is -0.337 e. The minimum atomic E-state index is -0.401. The lowest BCUT2D eigenvalue weighted by atomic mass is 10.1. The number of nitrogens with zero attached hydrogens (tertiary/aromatic N) is 4. The highest BCUT2D eigenvalue weighted by molar-refractivity contribution is 6.31. The first-order chi connectivity index (χ1) is 15.5. The molecule has 32 heavy (non-hydrogen) atoms. The highest BCUT2D eigenvalue weighted by Gasteiger charge is 2.42. The van der Waals surface area contributed by atoms with Crippen molar-refractivity contribution in [1.29, 1.82) is 0 Å². The fourth-order valence-corrected chi connectivity index (χ4v) is 4.66. The van der Waals surface area contributed by atoms with Crippen molar-refractivity contribution in [2.45, 2.75) is 32.2 Å². The summed E-state index contributed by atoms with van der Waals surface area (Å²) in [5, 5.41) is 4.69. The van der Waals surface area contributed by atoms with E-state index in [0.717, 1.165) is 29.7 Å². The molecule has 2 aliphatic rings. The summed E-state index contributed by atoms with van der Waals surface area (Å²) in [7, 11) is 0. The van der Waals surface area contributed by atoms with Crippen molar-refractivity contribution in [1.82, 2.24) is 15.0 Å². The van der Waals surface area contributed by atoms with Crippen LogP contribution in [0.5, 0.6) is 0 Å². The maximum absolute atomic E-state index is 13.4. The molecule has 3 heterocycles. The summed E-state index contributed by atoms with van der Waals surface area (Å²) >= 11 is 6.08. The Morgan fingerprint density at radius 3 is 2.78 bits per heavy atom. The van der Waals surface area contributed by atoms with E-state index in [0.29, 0.717) is 29.8 Å². The smallest absolute Gasteiger partial charge is 0.249 e. The number of aryl methyl sites for hydroxylation is 1. The third-order valence-electron chi connectivity index (χ3n) is 6.17. The van der Waals surface area contributed by atoms with E-state index in [2.05, 4.69) is 10.1 Å². The van der Waals surface area contributed by atoms with Gasteiger partial charge in [-0.2, -0.15) is 4.98 Å². The molecule has 0 saturated carbocycles. The molecule has 1 aromatic heterocycles. The molecule has 2 fully saturated rings. The van der Waals surface area contributed by atoms with Gasteiger partial charge in [0.05, 0.1) is 5.92 Å². The molecule has 0 N–H and O–H groups in total. The summed E-state index contributed by atoms with van der Waals surface area (Å²) in [6.07, 6.45) is 1.81. The maximum Gasteiger partial charge on any atom is 0.249 e. The predicted molar refractivity (Wildman–Crippen MR) is 120 cm³/mol. The van der Waals surface area contributed by atoms with Gasteiger partial charge in [-0.1, -0.05) is 52.7 Å². The highest BCUT2D eigenvalue weighted by Crippen LogP contribution is 2.35. The largest absolute Gasteiger partial charge is 0.337 e. The Hall–Kier alpha value is -3.19. The van der Waals surface area contributed by atoms with E-state index in [1.807, 2.05) is 37.3 Å². The molecule has 2 unspecified atom stereocenters. The molecule has 8 heteroatoms. The fourth-order valence-electron chi connectivity index (χ4n) is 4.48. The zero-order valence-electron chi connectivity index (χ0n) is 17.7. The van der Waals surface area contributed by atoms with Gasteiger partial charge in [0.2, 0.25) is 23.5 Å². The van der Waals surface area contributed by atoms with E-state index in [-0.39, 0.29) is 24.3 Å². The molecule has 3 aromatic rings. The van der Waals surface area contributed by atoms with Crippen LogP contribution in [0.4, 0.5) is 5.69 Å². The van der Waals surface area contributed by atoms with Crippen LogP contribution >= 0.6 is 11.6 Å². The Balaban J connectivity index is 1.32. The Kier molecular flexibility index (Phi) is 5.43. The molecule has 2 saturated heterocycles. The lowest BCUT2D eigenvalue weighted by Crippen LogP contribution is -2.37. The van der Waals surface area contributed by atoms with E-state index >= 15 is 0 Å². The van der Waals surface area contributed by atoms with Gasteiger partial charge in [-0.05, 0) is 38.0 Å². The van der Waals surface area contributed by atoms with Gasteiger partial charge in [0.15, 0.2) is 0 Å². The van der Waals surface area contributed by atoms with Crippen molar-refractivity contribution in [3.8, 4) is 11.4 Å².